The normalized spacial score (nSPS) is 10.2. The van der Waals surface area contributed by atoms with E-state index in [9.17, 15) is 4.79 Å². The molecule has 2 aromatic heterocycles. The van der Waals surface area contributed by atoms with Gasteiger partial charge in [0.2, 0.25) is 5.82 Å². The fourth-order valence-corrected chi connectivity index (χ4v) is 1.46. The summed E-state index contributed by atoms with van der Waals surface area (Å²) in [5.41, 5.74) is 0. The van der Waals surface area contributed by atoms with Crippen LogP contribution in [0.25, 0.3) is 0 Å². The maximum atomic E-state index is 10.7. The molecule has 0 aliphatic carbocycles. The van der Waals surface area contributed by atoms with Gasteiger partial charge in [-0.3, -0.25) is 0 Å². The molecule has 2 N–H and O–H groups in total. The molecule has 2 aromatic rings. The van der Waals surface area contributed by atoms with E-state index in [1.807, 2.05) is 10.8 Å². The van der Waals surface area contributed by atoms with Crippen molar-refractivity contribution < 1.29 is 9.90 Å². The Bertz CT molecular complexity index is 512. The second kappa shape index (κ2) is 5.76. The smallest absolute Gasteiger partial charge is 0.374 e. The van der Waals surface area contributed by atoms with Crippen LogP contribution in [0.1, 0.15) is 17.0 Å². The first-order valence-corrected chi connectivity index (χ1v) is 5.51. The number of nitrogens with one attached hydrogen (secondary N) is 1. The van der Waals surface area contributed by atoms with E-state index in [2.05, 4.69) is 20.3 Å². The highest BCUT2D eigenvalue weighted by atomic mass is 16.4. The number of carbonyl (C=O) groups is 1. The monoisotopic (exact) mass is 247 g/mol. The SMILES string of the molecule is O=C(O)c1nccc(NCCCn2ccnc2)n1. The zero-order valence-electron chi connectivity index (χ0n) is 9.65. The number of aromatic carboxylic acids is 1. The van der Waals surface area contributed by atoms with Crippen molar-refractivity contribution in [2.24, 2.45) is 0 Å². The first-order chi connectivity index (χ1) is 8.75. The maximum absolute atomic E-state index is 10.7. The van der Waals surface area contributed by atoms with E-state index in [0.717, 1.165) is 13.0 Å². The molecule has 0 spiro atoms. The highest BCUT2D eigenvalue weighted by Gasteiger charge is 2.06. The van der Waals surface area contributed by atoms with Gasteiger partial charge in [-0.2, -0.15) is 0 Å². The summed E-state index contributed by atoms with van der Waals surface area (Å²) in [4.78, 5) is 22.1. The number of aromatic nitrogens is 4. The van der Waals surface area contributed by atoms with E-state index in [0.29, 0.717) is 12.4 Å². The Morgan fingerprint density at radius 2 is 2.33 bits per heavy atom. The minimum absolute atomic E-state index is 0.199. The van der Waals surface area contributed by atoms with Crippen LogP contribution in [-0.2, 0) is 6.54 Å². The number of rotatable bonds is 6. The van der Waals surface area contributed by atoms with Gasteiger partial charge in [0, 0.05) is 31.7 Å². The molecule has 7 heteroatoms. The van der Waals surface area contributed by atoms with Gasteiger partial charge in [-0.05, 0) is 12.5 Å². The lowest BCUT2D eigenvalue weighted by Gasteiger charge is -2.06. The van der Waals surface area contributed by atoms with Gasteiger partial charge in [0.15, 0.2) is 0 Å². The van der Waals surface area contributed by atoms with Crippen molar-refractivity contribution >= 4 is 11.8 Å². The molecule has 94 valence electrons. The molecule has 0 aliphatic heterocycles. The molecule has 2 rings (SSSR count). The molecule has 0 saturated heterocycles. The van der Waals surface area contributed by atoms with Crippen molar-refractivity contribution in [2.75, 3.05) is 11.9 Å². The molecule has 0 fully saturated rings. The predicted molar refractivity (Wildman–Crippen MR) is 64.3 cm³/mol. The average Bonchev–Trinajstić information content (AvgIpc) is 2.88. The van der Waals surface area contributed by atoms with Crippen LogP contribution >= 0.6 is 0 Å². The van der Waals surface area contributed by atoms with Gasteiger partial charge in [0.05, 0.1) is 6.33 Å². The third-order valence-corrected chi connectivity index (χ3v) is 2.31. The Hall–Kier alpha value is -2.44. The number of aryl methyl sites for hydroxylation is 1. The first-order valence-electron chi connectivity index (χ1n) is 5.51. The summed E-state index contributed by atoms with van der Waals surface area (Å²) in [6.45, 7) is 1.55. The Balaban J connectivity index is 1.79. The Morgan fingerprint density at radius 3 is 3.06 bits per heavy atom. The predicted octanol–water partition coefficient (Wildman–Crippen LogP) is 0.873. The van der Waals surface area contributed by atoms with Gasteiger partial charge in [-0.25, -0.2) is 19.7 Å². The first kappa shape index (κ1) is 12.0. The van der Waals surface area contributed by atoms with Crippen LogP contribution in [0.4, 0.5) is 5.82 Å². The van der Waals surface area contributed by atoms with E-state index in [1.54, 1.807) is 18.6 Å². The van der Waals surface area contributed by atoms with Crippen LogP contribution in [0, 0.1) is 0 Å². The Labute approximate surface area is 104 Å². The summed E-state index contributed by atoms with van der Waals surface area (Å²) >= 11 is 0. The summed E-state index contributed by atoms with van der Waals surface area (Å²) in [6.07, 6.45) is 7.70. The molecule has 0 aliphatic rings. The lowest BCUT2D eigenvalue weighted by atomic mass is 10.4. The maximum Gasteiger partial charge on any atom is 0.374 e. The number of imidazole rings is 1. The molecular weight excluding hydrogens is 234 g/mol. The fraction of sp³-hybridized carbons (Fsp3) is 0.273. The van der Waals surface area contributed by atoms with Crippen LogP contribution in [0.2, 0.25) is 0 Å². The molecule has 0 radical (unpaired) electrons. The van der Waals surface area contributed by atoms with Gasteiger partial charge in [0.1, 0.15) is 5.82 Å². The second-order valence-electron chi connectivity index (χ2n) is 3.65. The van der Waals surface area contributed by atoms with Gasteiger partial charge < -0.3 is 15.0 Å². The largest absolute Gasteiger partial charge is 0.475 e. The summed E-state index contributed by atoms with van der Waals surface area (Å²) < 4.78 is 1.98. The molecular formula is C11H13N5O2. The van der Waals surface area contributed by atoms with Crippen molar-refractivity contribution in [3.05, 3.63) is 36.8 Å². The molecule has 18 heavy (non-hydrogen) atoms. The third kappa shape index (κ3) is 3.27. The van der Waals surface area contributed by atoms with Crippen molar-refractivity contribution in [3.8, 4) is 0 Å². The lowest BCUT2D eigenvalue weighted by Crippen LogP contribution is -2.10. The Morgan fingerprint density at radius 1 is 1.44 bits per heavy atom. The summed E-state index contributed by atoms with van der Waals surface area (Å²) in [5, 5.41) is 11.8. The minimum atomic E-state index is -1.13. The van der Waals surface area contributed by atoms with E-state index in [1.165, 1.54) is 6.20 Å². The van der Waals surface area contributed by atoms with Gasteiger partial charge in [0.25, 0.3) is 0 Å². The third-order valence-electron chi connectivity index (χ3n) is 2.31. The summed E-state index contributed by atoms with van der Waals surface area (Å²) in [5.74, 6) is -0.806. The van der Waals surface area contributed by atoms with Crippen molar-refractivity contribution in [1.82, 2.24) is 19.5 Å². The van der Waals surface area contributed by atoms with Gasteiger partial charge in [-0.15, -0.1) is 0 Å². The molecule has 0 aromatic carbocycles. The van der Waals surface area contributed by atoms with Crippen LogP contribution in [0.5, 0.6) is 0 Å². The van der Waals surface area contributed by atoms with Crippen LogP contribution in [0.3, 0.4) is 0 Å². The number of carboxylic acids is 1. The number of nitrogens with zero attached hydrogens (tertiary/aromatic N) is 4. The number of hydrogen-bond donors (Lipinski definition) is 2. The van der Waals surface area contributed by atoms with Crippen LogP contribution in [-0.4, -0.2) is 37.1 Å². The zero-order chi connectivity index (χ0) is 12.8. The van der Waals surface area contributed by atoms with Crippen LogP contribution < -0.4 is 5.32 Å². The van der Waals surface area contributed by atoms with Crippen molar-refractivity contribution in [3.63, 3.8) is 0 Å². The van der Waals surface area contributed by atoms with Crippen molar-refractivity contribution in [1.29, 1.82) is 0 Å². The Kier molecular flexibility index (Phi) is 3.85. The number of hydrogen-bond acceptors (Lipinski definition) is 5. The summed E-state index contributed by atoms with van der Waals surface area (Å²) in [7, 11) is 0. The molecule has 2 heterocycles. The van der Waals surface area contributed by atoms with Crippen molar-refractivity contribution in [2.45, 2.75) is 13.0 Å². The van der Waals surface area contributed by atoms with Gasteiger partial charge >= 0.3 is 5.97 Å². The molecule has 7 nitrogen and oxygen atoms in total. The van der Waals surface area contributed by atoms with E-state index < -0.39 is 5.97 Å². The number of anilines is 1. The highest BCUT2D eigenvalue weighted by molar-refractivity contribution is 5.83. The fourth-order valence-electron chi connectivity index (χ4n) is 1.46. The topological polar surface area (TPSA) is 92.9 Å². The van der Waals surface area contributed by atoms with E-state index in [-0.39, 0.29) is 5.82 Å². The second-order valence-corrected chi connectivity index (χ2v) is 3.65. The minimum Gasteiger partial charge on any atom is -0.475 e. The van der Waals surface area contributed by atoms with E-state index in [4.69, 9.17) is 5.11 Å². The van der Waals surface area contributed by atoms with E-state index >= 15 is 0 Å². The molecule has 0 unspecified atom stereocenters. The van der Waals surface area contributed by atoms with Crippen LogP contribution in [0.15, 0.2) is 31.0 Å². The molecule has 0 bridgehead atoms. The lowest BCUT2D eigenvalue weighted by molar-refractivity contribution is 0.0683. The van der Waals surface area contributed by atoms with Gasteiger partial charge in [-0.1, -0.05) is 0 Å². The molecule has 0 atom stereocenters. The standard InChI is InChI=1S/C11H13N5O2/c17-11(18)10-14-4-2-9(15-10)13-3-1-6-16-7-5-12-8-16/h2,4-5,7-8H,1,3,6H2,(H,17,18)(H,13,14,15). The number of carboxylic acid groups (broad SMARTS) is 1. The molecule has 0 saturated carbocycles. The molecule has 0 amide bonds. The highest BCUT2D eigenvalue weighted by Crippen LogP contribution is 2.02. The average molecular weight is 247 g/mol. The quantitative estimate of drug-likeness (QED) is 0.736. The zero-order valence-corrected chi connectivity index (χ0v) is 9.65. The summed E-state index contributed by atoms with van der Waals surface area (Å²) in [6, 6.07) is 1.64.